The first-order chi connectivity index (χ1) is 22.0. The minimum atomic E-state index is -4.83. The number of amides is 3. The van der Waals surface area contributed by atoms with Gasteiger partial charge in [0.25, 0.3) is 5.91 Å². The number of rotatable bonds is 13. The predicted molar refractivity (Wildman–Crippen MR) is 162 cm³/mol. The van der Waals surface area contributed by atoms with E-state index in [0.29, 0.717) is 28.8 Å². The van der Waals surface area contributed by atoms with Gasteiger partial charge in [-0.15, -0.1) is 0 Å². The molecule has 1 heterocycles. The number of esters is 1. The van der Waals surface area contributed by atoms with Gasteiger partial charge in [0.2, 0.25) is 18.0 Å². The van der Waals surface area contributed by atoms with Crippen molar-refractivity contribution in [2.75, 3.05) is 24.8 Å². The smallest absolute Gasteiger partial charge is 0.389 e. The number of likely N-dealkylation sites (N-methyl/N-ethyl adjacent to an activating group) is 1. The van der Waals surface area contributed by atoms with Crippen LogP contribution >= 0.6 is 11.9 Å². The van der Waals surface area contributed by atoms with Gasteiger partial charge in [-0.25, -0.2) is 4.99 Å². The lowest BCUT2D eigenvalue weighted by Gasteiger charge is -2.28. The van der Waals surface area contributed by atoms with Crippen LogP contribution in [0.3, 0.4) is 0 Å². The third kappa shape index (κ3) is 10.7. The molecule has 0 unspecified atom stereocenters. The number of carbonyl (C=O) groups is 4. The van der Waals surface area contributed by atoms with E-state index in [0.717, 1.165) is 7.11 Å². The van der Waals surface area contributed by atoms with Crippen molar-refractivity contribution >= 4 is 47.0 Å². The summed E-state index contributed by atoms with van der Waals surface area (Å²) in [5.41, 5.74) is 7.33. The van der Waals surface area contributed by atoms with Crippen LogP contribution in [0, 0.1) is 11.8 Å². The molecule has 3 rings (SSSR count). The fraction of sp³-hybridized carbons (Fsp3) is 0.433. The van der Waals surface area contributed by atoms with Crippen molar-refractivity contribution in [1.29, 1.82) is 0 Å². The summed E-state index contributed by atoms with van der Waals surface area (Å²) in [6.45, 7) is 0. The zero-order chi connectivity index (χ0) is 34.9. The number of hydrogen-bond donors (Lipinski definition) is 3. The van der Waals surface area contributed by atoms with Gasteiger partial charge >= 0.3 is 18.3 Å². The fourth-order valence-corrected chi connectivity index (χ4v) is 5.54. The van der Waals surface area contributed by atoms with Gasteiger partial charge in [-0.2, -0.15) is 26.3 Å². The Hall–Kier alpha value is -4.12. The number of ether oxygens (including phenoxy) is 1. The van der Waals surface area contributed by atoms with Crippen LogP contribution in [0.4, 0.5) is 32.0 Å². The van der Waals surface area contributed by atoms with Crippen LogP contribution in [0.1, 0.15) is 36.8 Å². The summed E-state index contributed by atoms with van der Waals surface area (Å²) in [5.74, 6) is -8.27. The van der Waals surface area contributed by atoms with Gasteiger partial charge in [0.15, 0.2) is 0 Å². The quantitative estimate of drug-likeness (QED) is 0.163. The molecule has 4 N–H and O–H groups in total. The number of nitrogens with zero attached hydrogens (tertiary/aromatic N) is 2. The lowest BCUT2D eigenvalue weighted by atomic mass is 9.83. The normalized spacial score (nSPS) is 17.0. The number of hydrogen-bond acceptors (Lipinski definition) is 8. The highest BCUT2D eigenvalue weighted by atomic mass is 32.2. The summed E-state index contributed by atoms with van der Waals surface area (Å²) in [7, 11) is 2.46. The van der Waals surface area contributed by atoms with Gasteiger partial charge in [-0.05, 0) is 30.9 Å². The summed E-state index contributed by atoms with van der Waals surface area (Å²) < 4.78 is 86.7. The zero-order valence-electron chi connectivity index (χ0n) is 25.2. The standard InChI is InChI=1S/C30H33F6N5O5S/c1-41-22-11-7-6-10-20(22)23(17-8-4-3-5-9-17)38-24(27(41)44)39-25(42)18(12-14-29(31,32)33)19(13-15-30(34,35)36)26(43)40-47-16-21(37)28(45)46-2/h3-11,18-19,21,24H,12-16,37H2,1-2H3,(H,39,42)(H,40,43)/t18-,19+,21-,24+/m0/s1. The van der Waals surface area contributed by atoms with E-state index >= 15 is 0 Å². The lowest BCUT2D eigenvalue weighted by Crippen LogP contribution is -2.50. The molecule has 1 aliphatic heterocycles. The van der Waals surface area contributed by atoms with Crippen molar-refractivity contribution in [3.63, 3.8) is 0 Å². The van der Waals surface area contributed by atoms with Crippen LogP contribution in [0.5, 0.6) is 0 Å². The zero-order valence-corrected chi connectivity index (χ0v) is 26.0. The number of para-hydroxylation sites is 1. The molecule has 17 heteroatoms. The van der Waals surface area contributed by atoms with E-state index in [-0.39, 0.29) is 11.5 Å². The summed E-state index contributed by atoms with van der Waals surface area (Å²) in [5, 5.41) is 2.31. The Morgan fingerprint density at radius 1 is 0.936 bits per heavy atom. The Morgan fingerprint density at radius 3 is 2.06 bits per heavy atom. The number of alkyl halides is 6. The molecule has 0 radical (unpaired) electrons. The summed E-state index contributed by atoms with van der Waals surface area (Å²) in [4.78, 5) is 57.7. The average Bonchev–Trinajstić information content (AvgIpc) is 3.11. The number of benzene rings is 2. The number of nitrogens with one attached hydrogen (secondary N) is 2. The minimum Gasteiger partial charge on any atom is -0.468 e. The van der Waals surface area contributed by atoms with Gasteiger partial charge in [0.1, 0.15) is 6.04 Å². The maximum atomic E-state index is 13.7. The molecule has 2 aromatic rings. The van der Waals surface area contributed by atoms with Crippen LogP contribution in [-0.4, -0.2) is 73.9 Å². The van der Waals surface area contributed by atoms with Crippen LogP contribution in [0.25, 0.3) is 0 Å². The van der Waals surface area contributed by atoms with Gasteiger partial charge in [-0.3, -0.25) is 23.9 Å². The number of benzodiazepines with no additional fused rings is 1. The second-order valence-electron chi connectivity index (χ2n) is 10.6. The number of methoxy groups -OCH3 is 1. The number of aliphatic imine (C=N–C) groups is 1. The van der Waals surface area contributed by atoms with Crippen molar-refractivity contribution < 1.29 is 50.3 Å². The highest BCUT2D eigenvalue weighted by Crippen LogP contribution is 2.34. The summed E-state index contributed by atoms with van der Waals surface area (Å²) >= 11 is 0.514. The summed E-state index contributed by atoms with van der Waals surface area (Å²) in [6, 6.07) is 14.0. The van der Waals surface area contributed by atoms with Gasteiger partial charge in [0, 0.05) is 42.7 Å². The monoisotopic (exact) mass is 689 g/mol. The highest BCUT2D eigenvalue weighted by molar-refractivity contribution is 7.98. The number of carbonyl (C=O) groups excluding carboxylic acids is 4. The Morgan fingerprint density at radius 2 is 1.49 bits per heavy atom. The van der Waals surface area contributed by atoms with E-state index in [1.165, 1.54) is 11.9 Å². The first kappa shape index (κ1) is 37.3. The highest BCUT2D eigenvalue weighted by Gasteiger charge is 2.42. The van der Waals surface area contributed by atoms with Gasteiger partial charge in [-0.1, -0.05) is 48.5 Å². The molecule has 3 amide bonds. The third-order valence-corrected chi connectivity index (χ3v) is 8.12. The van der Waals surface area contributed by atoms with Crippen LogP contribution in [0.2, 0.25) is 0 Å². The average molecular weight is 690 g/mol. The first-order valence-electron chi connectivity index (χ1n) is 14.2. The van der Waals surface area contributed by atoms with E-state index in [1.807, 2.05) is 0 Å². The number of nitrogens with two attached hydrogens (primary N) is 1. The predicted octanol–water partition coefficient (Wildman–Crippen LogP) is 4.12. The van der Waals surface area contributed by atoms with E-state index in [9.17, 15) is 45.5 Å². The van der Waals surface area contributed by atoms with Crippen LogP contribution in [0.15, 0.2) is 59.6 Å². The molecule has 47 heavy (non-hydrogen) atoms. The lowest BCUT2D eigenvalue weighted by molar-refractivity contribution is -0.152. The van der Waals surface area contributed by atoms with Crippen molar-refractivity contribution in [1.82, 2.24) is 10.0 Å². The first-order valence-corrected chi connectivity index (χ1v) is 15.2. The van der Waals surface area contributed by atoms with E-state index in [4.69, 9.17) is 5.73 Å². The third-order valence-electron chi connectivity index (χ3n) is 7.25. The largest absolute Gasteiger partial charge is 0.468 e. The Balaban J connectivity index is 1.99. The molecule has 0 bridgehead atoms. The molecule has 0 spiro atoms. The Kier molecular flexibility index (Phi) is 12.8. The fourth-order valence-electron chi connectivity index (χ4n) is 4.85. The molecule has 4 atom stereocenters. The molecule has 0 saturated carbocycles. The molecule has 10 nitrogen and oxygen atoms in total. The van der Waals surface area contributed by atoms with Crippen molar-refractivity contribution in [3.8, 4) is 0 Å². The number of fused-ring (bicyclic) bond motifs is 1. The Bertz CT molecular complexity index is 1460. The molecule has 0 fully saturated rings. The maximum absolute atomic E-state index is 13.7. The topological polar surface area (TPSA) is 143 Å². The molecule has 1 aliphatic rings. The van der Waals surface area contributed by atoms with E-state index in [2.05, 4.69) is 19.8 Å². The van der Waals surface area contributed by atoms with Gasteiger partial charge in [0.05, 0.1) is 24.4 Å². The molecular formula is C30H33F6N5O5S. The summed E-state index contributed by atoms with van der Waals surface area (Å²) in [6.07, 6.45) is -16.7. The van der Waals surface area contributed by atoms with E-state index < -0.39 is 85.8 Å². The van der Waals surface area contributed by atoms with Crippen LogP contribution in [-0.2, 0) is 23.9 Å². The SMILES string of the molecule is COC(=O)[C@@H](N)CSNC(=O)[C@H](CCC(F)(F)F)[C@H](CCC(F)(F)F)C(=O)N[C@H]1N=C(c2ccccc2)c2ccccc2N(C)C1=O. The molecule has 0 aliphatic carbocycles. The van der Waals surface area contributed by atoms with Crippen molar-refractivity contribution in [2.45, 2.75) is 50.2 Å². The second-order valence-corrected chi connectivity index (χ2v) is 11.4. The molecular weight excluding hydrogens is 656 g/mol. The molecule has 0 saturated heterocycles. The second kappa shape index (κ2) is 16.1. The molecule has 0 aromatic heterocycles. The number of anilines is 1. The van der Waals surface area contributed by atoms with E-state index in [1.54, 1.807) is 54.6 Å². The molecule has 2 aromatic carbocycles. The maximum Gasteiger partial charge on any atom is 0.389 e. The van der Waals surface area contributed by atoms with Gasteiger partial charge < -0.3 is 20.7 Å². The van der Waals surface area contributed by atoms with Crippen molar-refractivity contribution in [2.24, 2.45) is 22.6 Å². The molecule has 256 valence electrons. The van der Waals surface area contributed by atoms with Crippen LogP contribution < -0.4 is 20.7 Å². The Labute approximate surface area is 270 Å². The number of halogens is 6. The minimum absolute atomic E-state index is 0.265. The van der Waals surface area contributed by atoms with Crippen molar-refractivity contribution in [3.05, 3.63) is 65.7 Å².